The number of piperidine rings is 1. The maximum atomic E-state index is 12.5. The lowest BCUT2D eigenvalue weighted by atomic mass is 10.1. The van der Waals surface area contributed by atoms with E-state index in [1.165, 1.54) is 0 Å². The monoisotopic (exact) mass is 437 g/mol. The van der Waals surface area contributed by atoms with Crippen molar-refractivity contribution in [3.05, 3.63) is 66.0 Å². The van der Waals surface area contributed by atoms with Gasteiger partial charge in [-0.05, 0) is 63.5 Å². The van der Waals surface area contributed by atoms with Crippen LogP contribution in [-0.2, 0) is 16.1 Å². The molecule has 32 heavy (non-hydrogen) atoms. The van der Waals surface area contributed by atoms with Crippen LogP contribution < -0.4 is 10.1 Å². The third kappa shape index (κ3) is 7.72. The maximum Gasteiger partial charge on any atom is 0.407 e. The predicted octanol–water partition coefficient (Wildman–Crippen LogP) is 4.19. The molecule has 7 heteroatoms. The lowest BCUT2D eigenvalue weighted by Crippen LogP contribution is -2.47. The van der Waals surface area contributed by atoms with Crippen molar-refractivity contribution >= 4 is 18.1 Å². The summed E-state index contributed by atoms with van der Waals surface area (Å²) in [5, 5.41) is 2.89. The lowest BCUT2D eigenvalue weighted by Gasteiger charge is -2.32. The molecule has 1 saturated heterocycles. The number of alkyl carbamates (subject to hydrolysis) is 1. The zero-order valence-electron chi connectivity index (χ0n) is 18.9. The third-order valence-corrected chi connectivity index (χ3v) is 4.95. The first-order valence-electron chi connectivity index (χ1n) is 10.9. The van der Waals surface area contributed by atoms with Crippen LogP contribution in [0.3, 0.4) is 0 Å². The number of hydrogen-bond donors (Lipinski definition) is 1. The number of hydrogen-bond acceptors (Lipinski definition) is 5. The summed E-state index contributed by atoms with van der Waals surface area (Å²) in [7, 11) is 0. The summed E-state index contributed by atoms with van der Waals surface area (Å²) in [6.45, 7) is 7.17. The summed E-state index contributed by atoms with van der Waals surface area (Å²) >= 11 is 0. The first-order chi connectivity index (χ1) is 15.3. The molecule has 1 fully saturated rings. The molecule has 1 N–H and O–H groups in total. The van der Waals surface area contributed by atoms with Crippen molar-refractivity contribution in [3.8, 4) is 5.75 Å². The fourth-order valence-corrected chi connectivity index (χ4v) is 3.32. The quantitative estimate of drug-likeness (QED) is 0.686. The molecular formula is C25H31N3O4. The van der Waals surface area contributed by atoms with Crippen molar-refractivity contribution in [1.29, 1.82) is 0 Å². The van der Waals surface area contributed by atoms with Gasteiger partial charge in [0.25, 0.3) is 0 Å². The number of pyridine rings is 1. The second kappa shape index (κ2) is 10.8. The SMILES string of the molecule is CC(C)(C)OC(=O)NC1CCN(C(=O)/C=C/c2ccc(OCc3cccnc3)cc2)CC1. The summed E-state index contributed by atoms with van der Waals surface area (Å²) in [6, 6.07) is 11.5. The number of likely N-dealkylation sites (tertiary alicyclic amines) is 1. The molecule has 1 aliphatic heterocycles. The Morgan fingerprint density at radius 1 is 1.16 bits per heavy atom. The third-order valence-electron chi connectivity index (χ3n) is 4.95. The van der Waals surface area contributed by atoms with Crippen molar-refractivity contribution in [1.82, 2.24) is 15.2 Å². The van der Waals surface area contributed by atoms with Crippen LogP contribution in [0.5, 0.6) is 5.75 Å². The van der Waals surface area contributed by atoms with Crippen molar-refractivity contribution in [2.45, 2.75) is 51.9 Å². The molecule has 2 heterocycles. The molecule has 0 unspecified atom stereocenters. The predicted molar refractivity (Wildman–Crippen MR) is 123 cm³/mol. The van der Waals surface area contributed by atoms with Gasteiger partial charge < -0.3 is 19.7 Å². The van der Waals surface area contributed by atoms with Gasteiger partial charge in [-0.3, -0.25) is 9.78 Å². The van der Waals surface area contributed by atoms with Crippen molar-refractivity contribution in [2.24, 2.45) is 0 Å². The number of benzene rings is 1. The molecule has 1 aromatic heterocycles. The van der Waals surface area contributed by atoms with Gasteiger partial charge >= 0.3 is 6.09 Å². The zero-order chi connectivity index (χ0) is 23.0. The second-order valence-corrected chi connectivity index (χ2v) is 8.80. The first-order valence-corrected chi connectivity index (χ1v) is 10.9. The number of rotatable bonds is 6. The van der Waals surface area contributed by atoms with E-state index in [0.29, 0.717) is 32.5 Å². The minimum Gasteiger partial charge on any atom is -0.489 e. The molecule has 0 saturated carbocycles. The van der Waals surface area contributed by atoms with E-state index in [1.54, 1.807) is 29.4 Å². The van der Waals surface area contributed by atoms with E-state index in [-0.39, 0.29) is 11.9 Å². The van der Waals surface area contributed by atoms with Crippen LogP contribution in [0.4, 0.5) is 4.79 Å². The van der Waals surface area contributed by atoms with E-state index >= 15 is 0 Å². The molecule has 0 radical (unpaired) electrons. The highest BCUT2D eigenvalue weighted by Gasteiger charge is 2.24. The number of nitrogens with one attached hydrogen (secondary N) is 1. The number of amides is 2. The van der Waals surface area contributed by atoms with Gasteiger partial charge in [-0.15, -0.1) is 0 Å². The molecule has 1 aliphatic rings. The Bertz CT molecular complexity index is 912. The Morgan fingerprint density at radius 3 is 2.50 bits per heavy atom. The number of carbonyl (C=O) groups excluding carboxylic acids is 2. The fraction of sp³-hybridized carbons (Fsp3) is 0.400. The number of aromatic nitrogens is 1. The maximum absolute atomic E-state index is 12.5. The van der Waals surface area contributed by atoms with Crippen molar-refractivity contribution in [3.63, 3.8) is 0 Å². The fourth-order valence-electron chi connectivity index (χ4n) is 3.32. The van der Waals surface area contributed by atoms with Crippen LogP contribution in [0.1, 0.15) is 44.7 Å². The molecule has 0 spiro atoms. The van der Waals surface area contributed by atoms with E-state index in [4.69, 9.17) is 9.47 Å². The smallest absolute Gasteiger partial charge is 0.407 e. The molecule has 0 atom stereocenters. The van der Waals surface area contributed by atoms with E-state index in [2.05, 4.69) is 10.3 Å². The summed E-state index contributed by atoms with van der Waals surface area (Å²) in [6.07, 6.45) is 7.92. The van der Waals surface area contributed by atoms with Crippen LogP contribution in [0.15, 0.2) is 54.9 Å². The largest absolute Gasteiger partial charge is 0.489 e. The van der Waals surface area contributed by atoms with Crippen molar-refractivity contribution in [2.75, 3.05) is 13.1 Å². The van der Waals surface area contributed by atoms with E-state index in [9.17, 15) is 9.59 Å². The van der Waals surface area contributed by atoms with Gasteiger partial charge in [0.15, 0.2) is 0 Å². The van der Waals surface area contributed by atoms with Gasteiger partial charge in [0.1, 0.15) is 18.0 Å². The van der Waals surface area contributed by atoms with Crippen LogP contribution in [0.2, 0.25) is 0 Å². The van der Waals surface area contributed by atoms with Gasteiger partial charge in [-0.2, -0.15) is 0 Å². The average Bonchev–Trinajstić information content (AvgIpc) is 2.76. The molecule has 2 amide bonds. The standard InChI is InChI=1S/C25H31N3O4/c1-25(2,3)32-24(30)27-21-12-15-28(16-13-21)23(29)11-8-19-6-9-22(10-7-19)31-18-20-5-4-14-26-17-20/h4-11,14,17,21H,12-13,15-16,18H2,1-3H3,(H,27,30)/b11-8+. The Labute approximate surface area is 189 Å². The van der Waals surface area contributed by atoms with Gasteiger partial charge in [-0.25, -0.2) is 4.79 Å². The zero-order valence-corrected chi connectivity index (χ0v) is 18.9. The second-order valence-electron chi connectivity index (χ2n) is 8.80. The molecule has 3 rings (SSSR count). The average molecular weight is 438 g/mol. The first kappa shape index (κ1) is 23.3. The van der Waals surface area contributed by atoms with Gasteiger partial charge in [0.05, 0.1) is 0 Å². The Morgan fingerprint density at radius 2 is 1.88 bits per heavy atom. The Kier molecular flexibility index (Phi) is 7.87. The molecule has 7 nitrogen and oxygen atoms in total. The minimum atomic E-state index is -0.519. The molecule has 1 aromatic carbocycles. The molecular weight excluding hydrogens is 406 g/mol. The van der Waals surface area contributed by atoms with E-state index in [0.717, 1.165) is 16.9 Å². The van der Waals surface area contributed by atoms with Gasteiger partial charge in [-0.1, -0.05) is 18.2 Å². The lowest BCUT2D eigenvalue weighted by molar-refractivity contribution is -0.127. The highest BCUT2D eigenvalue weighted by atomic mass is 16.6. The number of carbonyl (C=O) groups is 2. The van der Waals surface area contributed by atoms with Gasteiger partial charge in [0, 0.05) is 43.2 Å². The molecule has 170 valence electrons. The summed E-state index contributed by atoms with van der Waals surface area (Å²) in [5.41, 5.74) is 1.41. The normalized spacial score (nSPS) is 14.9. The number of ether oxygens (including phenoxy) is 2. The highest BCUT2D eigenvalue weighted by molar-refractivity contribution is 5.91. The topological polar surface area (TPSA) is 80.8 Å². The summed E-state index contributed by atoms with van der Waals surface area (Å²) < 4.78 is 11.0. The molecule has 0 aliphatic carbocycles. The molecule has 2 aromatic rings. The van der Waals surface area contributed by atoms with Gasteiger partial charge in [0.2, 0.25) is 5.91 Å². The van der Waals surface area contributed by atoms with E-state index in [1.807, 2.05) is 57.2 Å². The minimum absolute atomic E-state index is 0.0251. The van der Waals surface area contributed by atoms with Crippen LogP contribution in [0.25, 0.3) is 6.08 Å². The van der Waals surface area contributed by atoms with Crippen LogP contribution in [0, 0.1) is 0 Å². The Balaban J connectivity index is 1.42. The Hall–Kier alpha value is -3.35. The highest BCUT2D eigenvalue weighted by Crippen LogP contribution is 2.16. The summed E-state index contributed by atoms with van der Waals surface area (Å²) in [4.78, 5) is 30.3. The molecule has 0 bridgehead atoms. The number of nitrogens with zero attached hydrogens (tertiary/aromatic N) is 2. The van der Waals surface area contributed by atoms with Crippen LogP contribution in [-0.4, -0.2) is 46.6 Å². The van der Waals surface area contributed by atoms with Crippen LogP contribution >= 0.6 is 0 Å². The van der Waals surface area contributed by atoms with Crippen molar-refractivity contribution < 1.29 is 19.1 Å². The summed E-state index contributed by atoms with van der Waals surface area (Å²) in [5.74, 6) is 0.731. The van der Waals surface area contributed by atoms with E-state index < -0.39 is 11.7 Å².